The fourth-order valence-electron chi connectivity index (χ4n) is 4.35. The second-order valence-electron chi connectivity index (χ2n) is 10.8. The number of nitrogens with one attached hydrogen (secondary N) is 1. The molecule has 3 aromatic carbocycles. The molecular weight excluding hydrogens is 545 g/mol. The van der Waals surface area contributed by atoms with Crippen molar-refractivity contribution < 1.29 is 27.1 Å². The number of ether oxygens (including phenoxy) is 1. The fourth-order valence-corrected chi connectivity index (χ4v) is 5.77. The van der Waals surface area contributed by atoms with E-state index in [1.165, 1.54) is 48.4 Å². The second-order valence-corrected chi connectivity index (χ2v) is 12.6. The van der Waals surface area contributed by atoms with Crippen LogP contribution in [0.15, 0.2) is 77.7 Å². The van der Waals surface area contributed by atoms with Gasteiger partial charge in [0.25, 0.3) is 10.0 Å². The zero-order chi connectivity index (χ0) is 30.4. The zero-order valence-corrected chi connectivity index (χ0v) is 25.2. The molecule has 0 saturated heterocycles. The van der Waals surface area contributed by atoms with E-state index in [1.54, 1.807) is 6.92 Å². The molecule has 3 aromatic rings. The molecule has 1 N–H and O–H groups in total. The van der Waals surface area contributed by atoms with Crippen LogP contribution in [-0.2, 0) is 26.2 Å². The molecule has 0 aliphatic carbocycles. The summed E-state index contributed by atoms with van der Waals surface area (Å²) in [5, 5.41) is 2.95. The SMILES string of the molecule is CC[C@H](C(=O)NC(C)(C)C)N(Cc1ccccc1C)C(=O)CN(c1ccc(F)cc1)S(=O)(=O)c1ccc(OC)cc1. The van der Waals surface area contributed by atoms with Gasteiger partial charge in [-0.1, -0.05) is 31.2 Å². The molecular formula is C31H38FN3O5S. The van der Waals surface area contributed by atoms with Crippen LogP contribution in [0.4, 0.5) is 10.1 Å². The largest absolute Gasteiger partial charge is 0.497 e. The van der Waals surface area contributed by atoms with Gasteiger partial charge in [0.05, 0.1) is 17.7 Å². The van der Waals surface area contributed by atoms with Gasteiger partial charge in [0, 0.05) is 12.1 Å². The van der Waals surface area contributed by atoms with Gasteiger partial charge in [0.1, 0.15) is 24.2 Å². The summed E-state index contributed by atoms with van der Waals surface area (Å²) >= 11 is 0. The molecule has 3 rings (SSSR count). The van der Waals surface area contributed by atoms with Crippen LogP contribution in [0, 0.1) is 12.7 Å². The number of benzene rings is 3. The van der Waals surface area contributed by atoms with Crippen molar-refractivity contribution >= 4 is 27.5 Å². The Bertz CT molecular complexity index is 1450. The predicted molar refractivity (Wildman–Crippen MR) is 158 cm³/mol. The lowest BCUT2D eigenvalue weighted by atomic mass is 10.0. The molecule has 0 aliphatic rings. The smallest absolute Gasteiger partial charge is 0.264 e. The summed E-state index contributed by atoms with van der Waals surface area (Å²) in [4.78, 5) is 28.8. The third-order valence-electron chi connectivity index (χ3n) is 6.53. The van der Waals surface area contributed by atoms with Crippen molar-refractivity contribution in [3.8, 4) is 5.75 Å². The first-order chi connectivity index (χ1) is 19.3. The lowest BCUT2D eigenvalue weighted by Gasteiger charge is -2.35. The molecule has 8 nitrogen and oxygen atoms in total. The number of halogens is 1. The van der Waals surface area contributed by atoms with Crippen molar-refractivity contribution in [2.75, 3.05) is 18.0 Å². The lowest BCUT2D eigenvalue weighted by molar-refractivity contribution is -0.141. The fraction of sp³-hybridized carbons (Fsp3) is 0.355. The summed E-state index contributed by atoms with van der Waals surface area (Å²) in [6.45, 7) is 8.76. The lowest BCUT2D eigenvalue weighted by Crippen LogP contribution is -2.55. The van der Waals surface area contributed by atoms with Crippen LogP contribution in [0.25, 0.3) is 0 Å². The van der Waals surface area contributed by atoms with Gasteiger partial charge in [-0.05, 0) is 93.8 Å². The van der Waals surface area contributed by atoms with Gasteiger partial charge in [-0.25, -0.2) is 12.8 Å². The minimum absolute atomic E-state index is 0.0709. The molecule has 41 heavy (non-hydrogen) atoms. The van der Waals surface area contributed by atoms with Crippen molar-refractivity contribution in [1.82, 2.24) is 10.2 Å². The van der Waals surface area contributed by atoms with Gasteiger partial charge in [-0.15, -0.1) is 0 Å². The van der Waals surface area contributed by atoms with E-state index < -0.39 is 39.9 Å². The number of sulfonamides is 1. The molecule has 1 atom stereocenters. The van der Waals surface area contributed by atoms with Crippen LogP contribution in [-0.4, -0.2) is 50.4 Å². The highest BCUT2D eigenvalue weighted by Gasteiger charge is 2.34. The number of hydrogen-bond donors (Lipinski definition) is 1. The van der Waals surface area contributed by atoms with E-state index in [2.05, 4.69) is 5.32 Å². The summed E-state index contributed by atoms with van der Waals surface area (Å²) in [5.74, 6) is -1.000. The molecule has 2 amide bonds. The normalized spacial score (nSPS) is 12.4. The molecule has 10 heteroatoms. The monoisotopic (exact) mass is 583 g/mol. The number of carbonyl (C=O) groups is 2. The average molecular weight is 584 g/mol. The van der Waals surface area contributed by atoms with E-state index in [1.807, 2.05) is 52.0 Å². The van der Waals surface area contributed by atoms with Crippen LogP contribution in [0.2, 0.25) is 0 Å². The van der Waals surface area contributed by atoms with Crippen LogP contribution in [0.3, 0.4) is 0 Å². The molecule has 0 heterocycles. The Morgan fingerprint density at radius 2 is 1.59 bits per heavy atom. The minimum atomic E-state index is -4.28. The van der Waals surface area contributed by atoms with Gasteiger partial charge in [-0.2, -0.15) is 0 Å². The van der Waals surface area contributed by atoms with Gasteiger partial charge in [-0.3, -0.25) is 13.9 Å². The Balaban J connectivity index is 2.08. The Kier molecular flexibility index (Phi) is 10.1. The molecule has 220 valence electrons. The maximum atomic E-state index is 14.1. The first-order valence-corrected chi connectivity index (χ1v) is 14.8. The number of hydrogen-bond acceptors (Lipinski definition) is 5. The van der Waals surface area contributed by atoms with Crippen molar-refractivity contribution in [3.05, 3.63) is 89.7 Å². The van der Waals surface area contributed by atoms with E-state index >= 15 is 0 Å². The number of carbonyl (C=O) groups excluding carboxylic acids is 2. The van der Waals surface area contributed by atoms with Gasteiger partial charge in [0.2, 0.25) is 11.8 Å². The molecule has 0 radical (unpaired) electrons. The molecule has 0 saturated carbocycles. The quantitative estimate of drug-likeness (QED) is 0.341. The first-order valence-electron chi connectivity index (χ1n) is 13.3. The van der Waals surface area contributed by atoms with Gasteiger partial charge in [0.15, 0.2) is 0 Å². The van der Waals surface area contributed by atoms with Crippen LogP contribution < -0.4 is 14.4 Å². The number of methoxy groups -OCH3 is 1. The summed E-state index contributed by atoms with van der Waals surface area (Å²) < 4.78 is 47.7. The Morgan fingerprint density at radius 1 is 0.976 bits per heavy atom. The Morgan fingerprint density at radius 3 is 2.12 bits per heavy atom. The molecule has 0 fully saturated rings. The third-order valence-corrected chi connectivity index (χ3v) is 8.32. The molecule has 0 aromatic heterocycles. The van der Waals surface area contributed by atoms with Crippen LogP contribution in [0.1, 0.15) is 45.2 Å². The summed E-state index contributed by atoms with van der Waals surface area (Å²) in [6.07, 6.45) is 0.307. The first kappa shape index (κ1) is 31.6. The molecule has 0 unspecified atom stereocenters. The number of aryl methyl sites for hydroxylation is 1. The maximum absolute atomic E-state index is 14.1. The van der Waals surface area contributed by atoms with E-state index in [9.17, 15) is 22.4 Å². The van der Waals surface area contributed by atoms with Gasteiger partial charge >= 0.3 is 0 Å². The third kappa shape index (κ3) is 8.07. The van der Waals surface area contributed by atoms with Crippen molar-refractivity contribution in [3.63, 3.8) is 0 Å². The second kappa shape index (κ2) is 13.2. The summed E-state index contributed by atoms with van der Waals surface area (Å²) in [6, 6.07) is 17.3. The number of anilines is 1. The Hall–Kier alpha value is -3.92. The molecule has 0 spiro atoms. The predicted octanol–water partition coefficient (Wildman–Crippen LogP) is 5.06. The van der Waals surface area contributed by atoms with E-state index in [-0.39, 0.29) is 23.0 Å². The number of amides is 2. The summed E-state index contributed by atoms with van der Waals surface area (Å²) in [7, 11) is -2.81. The van der Waals surface area contributed by atoms with Crippen LogP contribution >= 0.6 is 0 Å². The number of rotatable bonds is 11. The van der Waals surface area contributed by atoms with E-state index in [0.717, 1.165) is 27.6 Å². The highest BCUT2D eigenvalue weighted by Crippen LogP contribution is 2.26. The van der Waals surface area contributed by atoms with Crippen molar-refractivity contribution in [2.24, 2.45) is 0 Å². The summed E-state index contributed by atoms with van der Waals surface area (Å²) in [5.41, 5.74) is 1.32. The molecule has 0 aliphatic heterocycles. The topological polar surface area (TPSA) is 96.0 Å². The van der Waals surface area contributed by atoms with E-state index in [4.69, 9.17) is 4.74 Å². The van der Waals surface area contributed by atoms with Crippen LogP contribution in [0.5, 0.6) is 5.75 Å². The van der Waals surface area contributed by atoms with Gasteiger partial charge < -0.3 is 15.0 Å². The highest BCUT2D eigenvalue weighted by atomic mass is 32.2. The zero-order valence-electron chi connectivity index (χ0n) is 24.3. The van der Waals surface area contributed by atoms with E-state index in [0.29, 0.717) is 12.2 Å². The number of nitrogens with zero attached hydrogens (tertiary/aromatic N) is 2. The molecule has 0 bridgehead atoms. The Labute approximate surface area is 242 Å². The maximum Gasteiger partial charge on any atom is 0.264 e. The van der Waals surface area contributed by atoms with Crippen molar-refractivity contribution in [1.29, 1.82) is 0 Å². The average Bonchev–Trinajstić information content (AvgIpc) is 2.92. The van der Waals surface area contributed by atoms with Crippen molar-refractivity contribution in [2.45, 2.75) is 64.1 Å². The standard InChI is InChI=1S/C31H38FN3O5S/c1-7-28(30(37)33-31(3,4)5)34(20-23-11-9-8-10-22(23)2)29(36)21-35(25-14-12-24(32)13-15-25)41(38,39)27-18-16-26(40-6)17-19-27/h8-19,28H,7,20-21H2,1-6H3,(H,33,37)/t28-/m1/s1. The minimum Gasteiger partial charge on any atom is -0.497 e. The highest BCUT2D eigenvalue weighted by molar-refractivity contribution is 7.92.